The molecule has 2 aromatic carbocycles. The molecular formula is C19H20FN3O. The number of anilines is 1. The number of hydrogen-bond donors (Lipinski definition) is 3. The topological polar surface area (TPSA) is 53.2 Å². The van der Waals surface area contributed by atoms with Crippen molar-refractivity contribution in [3.8, 4) is 0 Å². The van der Waals surface area contributed by atoms with Gasteiger partial charge < -0.3 is 5.32 Å². The van der Waals surface area contributed by atoms with Crippen LogP contribution in [0.2, 0.25) is 0 Å². The molecule has 4 nitrogen and oxygen atoms in total. The Morgan fingerprint density at radius 1 is 1.04 bits per heavy atom. The van der Waals surface area contributed by atoms with E-state index < -0.39 is 0 Å². The van der Waals surface area contributed by atoms with Crippen LogP contribution in [-0.2, 0) is 17.6 Å². The number of nitrogens with one attached hydrogen (secondary N) is 3. The van der Waals surface area contributed by atoms with Gasteiger partial charge in [0, 0.05) is 11.7 Å². The zero-order valence-corrected chi connectivity index (χ0v) is 13.3. The second kappa shape index (κ2) is 6.34. The van der Waals surface area contributed by atoms with Crippen molar-refractivity contribution in [1.29, 1.82) is 0 Å². The minimum absolute atomic E-state index is 0.00127. The lowest BCUT2D eigenvalue weighted by molar-refractivity contribution is -0.117. The van der Waals surface area contributed by atoms with Crippen LogP contribution in [0.1, 0.15) is 35.6 Å². The largest absolute Gasteiger partial charge is 0.325 e. The summed E-state index contributed by atoms with van der Waals surface area (Å²) in [5, 5.41) is 2.99. The van der Waals surface area contributed by atoms with Gasteiger partial charge in [0.25, 0.3) is 0 Å². The summed E-state index contributed by atoms with van der Waals surface area (Å²) in [6.07, 6.45) is 4.05. The molecule has 2 aromatic rings. The minimum atomic E-state index is -0.312. The van der Waals surface area contributed by atoms with E-state index in [2.05, 4.69) is 28.3 Å². The third kappa shape index (κ3) is 3.05. The highest BCUT2D eigenvalue weighted by atomic mass is 19.1. The van der Waals surface area contributed by atoms with Crippen molar-refractivity contribution in [2.24, 2.45) is 0 Å². The summed E-state index contributed by atoms with van der Waals surface area (Å²) in [5.74, 6) is -0.305. The summed E-state index contributed by atoms with van der Waals surface area (Å²) >= 11 is 0. The predicted molar refractivity (Wildman–Crippen MR) is 90.9 cm³/mol. The van der Waals surface area contributed by atoms with Crippen molar-refractivity contribution < 1.29 is 9.18 Å². The van der Waals surface area contributed by atoms with Gasteiger partial charge in [-0.2, -0.15) is 0 Å². The average Bonchev–Trinajstić information content (AvgIpc) is 3.24. The molecule has 1 heterocycles. The fourth-order valence-corrected chi connectivity index (χ4v) is 3.52. The first-order valence-electron chi connectivity index (χ1n) is 8.38. The van der Waals surface area contributed by atoms with Gasteiger partial charge in [-0.15, -0.1) is 0 Å². The molecule has 3 N–H and O–H groups in total. The molecule has 1 saturated heterocycles. The monoisotopic (exact) mass is 325 g/mol. The first-order valence-corrected chi connectivity index (χ1v) is 8.38. The van der Waals surface area contributed by atoms with E-state index in [4.69, 9.17) is 0 Å². The molecule has 1 amide bonds. The van der Waals surface area contributed by atoms with E-state index in [-0.39, 0.29) is 23.8 Å². The number of carbonyl (C=O) groups is 1. The molecule has 0 saturated carbocycles. The number of rotatable bonds is 3. The maximum Gasteiger partial charge on any atom is 0.242 e. The molecule has 0 aromatic heterocycles. The highest BCUT2D eigenvalue weighted by Gasteiger charge is 2.30. The van der Waals surface area contributed by atoms with Gasteiger partial charge >= 0.3 is 0 Å². The molecule has 2 aliphatic rings. The van der Waals surface area contributed by atoms with E-state index in [9.17, 15) is 9.18 Å². The molecular weight excluding hydrogens is 305 g/mol. The summed E-state index contributed by atoms with van der Waals surface area (Å²) in [7, 11) is 0. The van der Waals surface area contributed by atoms with Crippen LogP contribution in [0.15, 0.2) is 42.5 Å². The molecule has 24 heavy (non-hydrogen) atoms. The van der Waals surface area contributed by atoms with Gasteiger partial charge in [-0.3, -0.25) is 4.79 Å². The van der Waals surface area contributed by atoms with E-state index in [1.54, 1.807) is 12.1 Å². The lowest BCUT2D eigenvalue weighted by Gasteiger charge is -2.12. The Morgan fingerprint density at radius 2 is 1.83 bits per heavy atom. The van der Waals surface area contributed by atoms with Crippen molar-refractivity contribution >= 4 is 11.6 Å². The van der Waals surface area contributed by atoms with Crippen LogP contribution in [0, 0.1) is 5.82 Å². The first-order chi connectivity index (χ1) is 11.7. The maximum atomic E-state index is 13.0. The van der Waals surface area contributed by atoms with Crippen LogP contribution < -0.4 is 16.2 Å². The van der Waals surface area contributed by atoms with Gasteiger partial charge in [-0.1, -0.05) is 18.2 Å². The smallest absolute Gasteiger partial charge is 0.242 e. The fourth-order valence-electron chi connectivity index (χ4n) is 3.52. The SMILES string of the molecule is O=C(Nc1ccc2c(c1)CCC2)C1CC(c2ccc(F)cc2)NN1. The summed E-state index contributed by atoms with van der Waals surface area (Å²) in [6, 6.07) is 12.2. The van der Waals surface area contributed by atoms with Crippen LogP contribution in [0.3, 0.4) is 0 Å². The van der Waals surface area contributed by atoms with E-state index in [0.29, 0.717) is 6.42 Å². The Labute approximate surface area is 140 Å². The zero-order valence-electron chi connectivity index (χ0n) is 13.3. The molecule has 1 aliphatic heterocycles. The Kier molecular flexibility index (Phi) is 4.04. The summed E-state index contributed by atoms with van der Waals surface area (Å²) < 4.78 is 13.0. The number of carbonyl (C=O) groups excluding carboxylic acids is 1. The van der Waals surface area contributed by atoms with Crippen molar-refractivity contribution in [2.75, 3.05) is 5.32 Å². The summed E-state index contributed by atoms with van der Waals surface area (Å²) in [4.78, 5) is 12.5. The molecule has 2 atom stereocenters. The highest BCUT2D eigenvalue weighted by molar-refractivity contribution is 5.95. The fraction of sp³-hybridized carbons (Fsp3) is 0.316. The number of benzene rings is 2. The normalized spacial score (nSPS) is 22.4. The number of hydrazine groups is 1. The van der Waals surface area contributed by atoms with Crippen LogP contribution in [0.5, 0.6) is 0 Å². The number of halogens is 1. The van der Waals surface area contributed by atoms with Crippen LogP contribution in [-0.4, -0.2) is 11.9 Å². The molecule has 0 spiro atoms. The Morgan fingerprint density at radius 3 is 2.67 bits per heavy atom. The number of amides is 1. The lowest BCUT2D eigenvalue weighted by Crippen LogP contribution is -2.39. The Hall–Kier alpha value is -2.24. The van der Waals surface area contributed by atoms with Gasteiger partial charge in [0.1, 0.15) is 11.9 Å². The van der Waals surface area contributed by atoms with Gasteiger partial charge in [-0.25, -0.2) is 15.2 Å². The quantitative estimate of drug-likeness (QED) is 0.813. The zero-order chi connectivity index (χ0) is 16.5. The first kappa shape index (κ1) is 15.3. The van der Waals surface area contributed by atoms with Gasteiger partial charge in [0.2, 0.25) is 5.91 Å². The van der Waals surface area contributed by atoms with Crippen LogP contribution in [0.25, 0.3) is 0 Å². The third-order valence-corrected chi connectivity index (χ3v) is 4.86. The predicted octanol–water partition coefficient (Wildman–Crippen LogP) is 2.86. The lowest BCUT2D eigenvalue weighted by atomic mass is 10.0. The van der Waals surface area contributed by atoms with E-state index in [0.717, 1.165) is 24.1 Å². The molecule has 0 bridgehead atoms. The average molecular weight is 325 g/mol. The molecule has 4 rings (SSSR count). The second-order valence-corrected chi connectivity index (χ2v) is 6.51. The van der Waals surface area contributed by atoms with Gasteiger partial charge in [0.05, 0.1) is 0 Å². The molecule has 1 fully saturated rings. The van der Waals surface area contributed by atoms with Crippen LogP contribution >= 0.6 is 0 Å². The summed E-state index contributed by atoms with van der Waals surface area (Å²) in [6.45, 7) is 0. The van der Waals surface area contributed by atoms with Crippen molar-refractivity contribution in [2.45, 2.75) is 37.8 Å². The molecule has 1 aliphatic carbocycles. The molecule has 124 valence electrons. The Balaban J connectivity index is 1.39. The number of hydrogen-bond acceptors (Lipinski definition) is 3. The number of aryl methyl sites for hydroxylation is 2. The molecule has 0 radical (unpaired) electrons. The van der Waals surface area contributed by atoms with E-state index in [1.165, 1.54) is 29.7 Å². The van der Waals surface area contributed by atoms with E-state index >= 15 is 0 Å². The minimum Gasteiger partial charge on any atom is -0.325 e. The maximum absolute atomic E-state index is 13.0. The van der Waals surface area contributed by atoms with Gasteiger partial charge in [0.15, 0.2) is 0 Å². The third-order valence-electron chi connectivity index (χ3n) is 4.86. The van der Waals surface area contributed by atoms with Crippen molar-refractivity contribution in [3.05, 3.63) is 65.0 Å². The van der Waals surface area contributed by atoms with Crippen molar-refractivity contribution in [1.82, 2.24) is 10.9 Å². The summed E-state index contributed by atoms with van der Waals surface area (Å²) in [5.41, 5.74) is 10.7. The highest BCUT2D eigenvalue weighted by Crippen LogP contribution is 2.26. The number of fused-ring (bicyclic) bond motifs is 1. The standard InChI is InChI=1S/C19H20FN3O/c20-15-7-4-13(5-8-15)17-11-18(23-22-17)19(24)21-16-9-6-12-2-1-3-14(12)10-16/h4-10,17-18,22-23H,1-3,11H2,(H,21,24). The Bertz CT molecular complexity index is 760. The van der Waals surface area contributed by atoms with Gasteiger partial charge in [-0.05, 0) is 66.6 Å². The molecule has 2 unspecified atom stereocenters. The van der Waals surface area contributed by atoms with Crippen molar-refractivity contribution in [3.63, 3.8) is 0 Å². The second-order valence-electron chi connectivity index (χ2n) is 6.51. The molecule has 5 heteroatoms. The van der Waals surface area contributed by atoms with Crippen LogP contribution in [0.4, 0.5) is 10.1 Å². The van der Waals surface area contributed by atoms with E-state index in [1.807, 2.05) is 6.07 Å².